The van der Waals surface area contributed by atoms with Gasteiger partial charge in [-0.15, -0.1) is 0 Å². The number of oxime groups is 1. The lowest BCUT2D eigenvalue weighted by Gasteiger charge is -2.22. The number of nitrogens with two attached hydrogens (primary N) is 1. The number of anilines is 1. The van der Waals surface area contributed by atoms with Gasteiger partial charge in [0, 0.05) is 12.0 Å². The third kappa shape index (κ3) is 4.40. The van der Waals surface area contributed by atoms with Crippen molar-refractivity contribution in [2.75, 3.05) is 11.9 Å². The summed E-state index contributed by atoms with van der Waals surface area (Å²) >= 11 is 0. The average molecular weight is 281 g/mol. The lowest BCUT2D eigenvalue weighted by atomic mass is 9.86. The van der Waals surface area contributed by atoms with Gasteiger partial charge in [0.2, 0.25) is 0 Å². The Labute approximate surface area is 119 Å². The Kier molecular flexibility index (Phi) is 5.80. The van der Waals surface area contributed by atoms with E-state index in [0.29, 0.717) is 12.2 Å². The van der Waals surface area contributed by atoms with Crippen LogP contribution in [0.1, 0.15) is 38.7 Å². The Morgan fingerprint density at radius 1 is 1.40 bits per heavy atom. The molecule has 0 aliphatic heterocycles. The Morgan fingerprint density at radius 3 is 2.70 bits per heavy atom. The number of hydrogen-bond donors (Lipinski definition) is 3. The predicted molar refractivity (Wildman–Crippen MR) is 80.7 cm³/mol. The second-order valence-corrected chi connectivity index (χ2v) is 5.68. The van der Waals surface area contributed by atoms with E-state index >= 15 is 0 Å². The number of hydrogen-bond acceptors (Lipinski definition) is 3. The largest absolute Gasteiger partial charge is 0.409 e. The summed E-state index contributed by atoms with van der Waals surface area (Å²) in [6.45, 7) is 6.47. The molecule has 112 valence electrons. The van der Waals surface area contributed by atoms with Crippen LogP contribution in [0.15, 0.2) is 23.4 Å². The average Bonchev–Trinajstić information content (AvgIpc) is 2.40. The molecule has 0 unspecified atom stereocenters. The number of nitrogens with zero attached hydrogens (tertiary/aromatic N) is 1. The number of rotatable bonds is 7. The quantitative estimate of drug-likeness (QED) is 0.235. The molecule has 0 saturated heterocycles. The molecule has 0 radical (unpaired) electrons. The van der Waals surface area contributed by atoms with E-state index in [9.17, 15) is 4.39 Å². The number of unbranched alkanes of at least 4 members (excludes halogenated alkanes) is 1. The van der Waals surface area contributed by atoms with Crippen molar-refractivity contribution in [3.8, 4) is 0 Å². The molecule has 0 aromatic heterocycles. The van der Waals surface area contributed by atoms with Crippen LogP contribution in [0.5, 0.6) is 0 Å². The molecule has 0 aliphatic rings. The maximum Gasteiger partial charge on any atom is 0.146 e. The van der Waals surface area contributed by atoms with Crippen LogP contribution < -0.4 is 11.1 Å². The molecule has 0 atom stereocenters. The molecule has 0 saturated carbocycles. The minimum atomic E-state index is -0.317. The van der Waals surface area contributed by atoms with E-state index in [-0.39, 0.29) is 17.1 Å². The van der Waals surface area contributed by atoms with Crippen LogP contribution in [0, 0.1) is 18.2 Å². The van der Waals surface area contributed by atoms with E-state index in [0.717, 1.165) is 24.8 Å². The Balaban J connectivity index is 2.36. The third-order valence-corrected chi connectivity index (χ3v) is 3.55. The van der Waals surface area contributed by atoms with Crippen molar-refractivity contribution in [2.45, 2.75) is 40.0 Å². The van der Waals surface area contributed by atoms with Crippen molar-refractivity contribution in [2.24, 2.45) is 16.3 Å². The first kappa shape index (κ1) is 16.3. The highest BCUT2D eigenvalue weighted by molar-refractivity contribution is 5.85. The molecule has 1 aromatic carbocycles. The van der Waals surface area contributed by atoms with E-state index < -0.39 is 0 Å². The van der Waals surface area contributed by atoms with Crippen molar-refractivity contribution in [3.63, 3.8) is 0 Å². The minimum Gasteiger partial charge on any atom is -0.409 e. The normalized spacial score (nSPS) is 12.5. The third-order valence-electron chi connectivity index (χ3n) is 3.55. The summed E-state index contributed by atoms with van der Waals surface area (Å²) in [7, 11) is 0. The highest BCUT2D eigenvalue weighted by Gasteiger charge is 2.22. The van der Waals surface area contributed by atoms with Crippen LogP contribution in [-0.2, 0) is 0 Å². The van der Waals surface area contributed by atoms with Crippen LogP contribution in [0.4, 0.5) is 10.1 Å². The number of halogens is 1. The van der Waals surface area contributed by atoms with Gasteiger partial charge in [0.25, 0.3) is 0 Å². The second kappa shape index (κ2) is 7.12. The van der Waals surface area contributed by atoms with Crippen LogP contribution in [0.2, 0.25) is 0 Å². The predicted octanol–water partition coefficient (Wildman–Crippen LogP) is 3.49. The number of aryl methyl sites for hydroxylation is 1. The smallest absolute Gasteiger partial charge is 0.146 e. The van der Waals surface area contributed by atoms with Crippen LogP contribution >= 0.6 is 0 Å². The van der Waals surface area contributed by atoms with Crippen molar-refractivity contribution in [3.05, 3.63) is 29.6 Å². The standard InChI is InChI=1S/C15H24FN3O/c1-11-7-6-8-12(16)13(11)18-10-5-4-9-15(2,3)14(17)19-20/h6-8,18,20H,4-5,9-10H2,1-3H3,(H2,17,19). The van der Waals surface area contributed by atoms with E-state index in [4.69, 9.17) is 10.9 Å². The lowest BCUT2D eigenvalue weighted by Crippen LogP contribution is -2.31. The molecule has 0 amide bonds. The van der Waals surface area contributed by atoms with E-state index in [1.807, 2.05) is 26.8 Å². The van der Waals surface area contributed by atoms with Gasteiger partial charge in [-0.2, -0.15) is 0 Å². The van der Waals surface area contributed by atoms with Crippen molar-refractivity contribution >= 4 is 11.5 Å². The van der Waals surface area contributed by atoms with Gasteiger partial charge in [0.15, 0.2) is 0 Å². The van der Waals surface area contributed by atoms with Crippen molar-refractivity contribution < 1.29 is 9.60 Å². The molecule has 0 aliphatic carbocycles. The molecule has 0 bridgehead atoms. The summed E-state index contributed by atoms with van der Waals surface area (Å²) in [5.74, 6) is 0.0254. The fourth-order valence-electron chi connectivity index (χ4n) is 2.02. The zero-order valence-electron chi connectivity index (χ0n) is 12.4. The zero-order chi connectivity index (χ0) is 15.2. The van der Waals surface area contributed by atoms with Crippen LogP contribution in [0.25, 0.3) is 0 Å². The first-order chi connectivity index (χ1) is 9.38. The van der Waals surface area contributed by atoms with Crippen LogP contribution in [-0.4, -0.2) is 17.6 Å². The number of benzene rings is 1. The van der Waals surface area contributed by atoms with Gasteiger partial charge < -0.3 is 16.3 Å². The first-order valence-electron chi connectivity index (χ1n) is 6.85. The Hall–Kier alpha value is -1.78. The highest BCUT2D eigenvalue weighted by atomic mass is 19.1. The van der Waals surface area contributed by atoms with Gasteiger partial charge in [-0.1, -0.05) is 37.6 Å². The van der Waals surface area contributed by atoms with Gasteiger partial charge in [0.1, 0.15) is 11.7 Å². The first-order valence-corrected chi connectivity index (χ1v) is 6.85. The lowest BCUT2D eigenvalue weighted by molar-refractivity contribution is 0.304. The molecular weight excluding hydrogens is 257 g/mol. The molecule has 1 rings (SSSR count). The molecule has 1 aromatic rings. The zero-order valence-corrected chi connectivity index (χ0v) is 12.4. The highest BCUT2D eigenvalue weighted by Crippen LogP contribution is 2.24. The van der Waals surface area contributed by atoms with Gasteiger partial charge in [-0.3, -0.25) is 0 Å². The Morgan fingerprint density at radius 2 is 2.10 bits per heavy atom. The molecule has 5 heteroatoms. The molecule has 4 nitrogen and oxygen atoms in total. The molecule has 0 heterocycles. The number of nitrogens with one attached hydrogen (secondary N) is 1. The summed E-state index contributed by atoms with van der Waals surface area (Å²) < 4.78 is 13.6. The summed E-state index contributed by atoms with van der Waals surface area (Å²) in [5, 5.41) is 14.9. The number of para-hydroxylation sites is 1. The molecule has 0 spiro atoms. The fourth-order valence-corrected chi connectivity index (χ4v) is 2.02. The fraction of sp³-hybridized carbons (Fsp3) is 0.533. The van der Waals surface area contributed by atoms with Gasteiger partial charge in [0.05, 0.1) is 5.69 Å². The monoisotopic (exact) mass is 281 g/mol. The van der Waals surface area contributed by atoms with Gasteiger partial charge in [-0.05, 0) is 31.4 Å². The van der Waals surface area contributed by atoms with E-state index in [1.54, 1.807) is 6.07 Å². The molecule has 20 heavy (non-hydrogen) atoms. The maximum atomic E-state index is 13.6. The summed E-state index contributed by atoms with van der Waals surface area (Å²) in [5.41, 5.74) is 6.79. The minimum absolute atomic E-state index is 0.220. The van der Waals surface area contributed by atoms with E-state index in [1.165, 1.54) is 6.07 Å². The van der Waals surface area contributed by atoms with Crippen LogP contribution in [0.3, 0.4) is 0 Å². The SMILES string of the molecule is Cc1cccc(F)c1NCCCCC(C)(C)/C(N)=N/O. The maximum absolute atomic E-state index is 13.6. The molecule has 0 fully saturated rings. The summed E-state index contributed by atoms with van der Waals surface area (Å²) in [6, 6.07) is 5.04. The summed E-state index contributed by atoms with van der Waals surface area (Å²) in [4.78, 5) is 0. The summed E-state index contributed by atoms with van der Waals surface area (Å²) in [6.07, 6.45) is 2.64. The van der Waals surface area contributed by atoms with Crippen molar-refractivity contribution in [1.82, 2.24) is 0 Å². The van der Waals surface area contributed by atoms with Gasteiger partial charge in [-0.25, -0.2) is 4.39 Å². The van der Waals surface area contributed by atoms with Gasteiger partial charge >= 0.3 is 0 Å². The molecular formula is C15H24FN3O. The Bertz CT molecular complexity index is 452. The van der Waals surface area contributed by atoms with E-state index in [2.05, 4.69) is 10.5 Å². The second-order valence-electron chi connectivity index (χ2n) is 5.68. The number of amidine groups is 1. The molecule has 4 N–H and O–H groups in total. The topological polar surface area (TPSA) is 70.6 Å². The van der Waals surface area contributed by atoms with Crippen molar-refractivity contribution in [1.29, 1.82) is 0 Å².